The van der Waals surface area contributed by atoms with Crippen molar-refractivity contribution in [1.29, 1.82) is 0 Å². The molecule has 13 rings (SSSR count). The number of para-hydroxylation sites is 2. The molecule has 11 aromatic rings. The minimum absolute atomic E-state index is 0.304. The van der Waals surface area contributed by atoms with E-state index in [-0.39, 0.29) is 0 Å². The number of benzene rings is 8. The van der Waals surface area contributed by atoms with E-state index in [1.165, 1.54) is 119 Å². The lowest BCUT2D eigenvalue weighted by Crippen LogP contribution is -1.96. The van der Waals surface area contributed by atoms with Gasteiger partial charge in [0.15, 0.2) is 0 Å². The normalized spacial score (nSPS) is 16.0. The summed E-state index contributed by atoms with van der Waals surface area (Å²) in [5.74, 6) is 1.26. The third-order valence-corrected chi connectivity index (χ3v) is 15.3. The highest BCUT2D eigenvalue weighted by Crippen LogP contribution is 2.49. The zero-order valence-electron chi connectivity index (χ0n) is 35.0. The number of nitrogens with zero attached hydrogens (tertiary/aromatic N) is 2. The van der Waals surface area contributed by atoms with E-state index in [1.807, 2.05) is 36.9 Å². The third-order valence-electron chi connectivity index (χ3n) is 13.1. The number of hydrogen-bond donors (Lipinski definition) is 0. The van der Waals surface area contributed by atoms with Crippen LogP contribution in [0.1, 0.15) is 48.9 Å². The van der Waals surface area contributed by atoms with Crippen LogP contribution in [0.5, 0.6) is 0 Å². The van der Waals surface area contributed by atoms with Crippen molar-refractivity contribution in [1.82, 2.24) is 9.13 Å². The minimum atomic E-state index is 0.304. The SMILES string of the molecule is CC.CC1/C=C(c2cccc(-n3c4ccccc4c4c5c(ccc43)-c3ccc4c(c3C5)c3ccccc3n4-c3ccc4sc5ccccc5c4c3)c2)\C=C/CSc2ccccc21. The standard InChI is InChI=1S/C56H38N2S2.C2H6/c1-34-30-35(13-11-29-59-52-21-8-4-15-39(34)52)36-12-10-14-37(31-36)57-48-19-6-2-17-43(48)55-46-33-47-41(40(46)24-26-50(55)57)25-27-51-56(47)44-18-3-7-20-49(44)58(51)38-23-28-54-45(32-38)42-16-5-9-22-53(42)60-54;1-2/h2-28,30-32,34H,29,33H2,1H3;1-2H3/b13-11-,35-30+;. The highest BCUT2D eigenvalue weighted by molar-refractivity contribution is 7.99. The summed E-state index contributed by atoms with van der Waals surface area (Å²) in [6, 6.07) is 61.4. The first kappa shape index (κ1) is 37.2. The molecule has 0 saturated heterocycles. The number of aromatic nitrogens is 2. The summed E-state index contributed by atoms with van der Waals surface area (Å²) in [6.07, 6.45) is 7.98. The highest BCUT2D eigenvalue weighted by atomic mass is 32.2. The molecule has 4 heterocycles. The average Bonchev–Trinajstić information content (AvgIpc) is 4.08. The van der Waals surface area contributed by atoms with Crippen LogP contribution >= 0.6 is 23.1 Å². The van der Waals surface area contributed by atoms with Crippen molar-refractivity contribution in [2.24, 2.45) is 0 Å². The second kappa shape index (κ2) is 14.8. The van der Waals surface area contributed by atoms with Gasteiger partial charge >= 0.3 is 0 Å². The Morgan fingerprint density at radius 1 is 0.516 bits per heavy atom. The molecule has 1 aliphatic carbocycles. The maximum Gasteiger partial charge on any atom is 0.0544 e. The zero-order valence-corrected chi connectivity index (χ0v) is 36.7. The fraction of sp³-hybridized carbons (Fsp3) is 0.103. The van der Waals surface area contributed by atoms with E-state index in [4.69, 9.17) is 0 Å². The number of thioether (sulfide) groups is 1. The van der Waals surface area contributed by atoms with Gasteiger partial charge in [-0.3, -0.25) is 0 Å². The number of rotatable bonds is 3. The molecule has 1 aliphatic heterocycles. The minimum Gasteiger partial charge on any atom is -0.309 e. The van der Waals surface area contributed by atoms with E-state index < -0.39 is 0 Å². The Balaban J connectivity index is 0.00000202. The van der Waals surface area contributed by atoms with Crippen LogP contribution in [-0.2, 0) is 6.42 Å². The second-order valence-corrected chi connectivity index (χ2v) is 18.5. The molecule has 0 spiro atoms. The van der Waals surface area contributed by atoms with Crippen LogP contribution in [0.15, 0.2) is 187 Å². The Morgan fingerprint density at radius 2 is 1.13 bits per heavy atom. The molecule has 0 saturated carbocycles. The summed E-state index contributed by atoms with van der Waals surface area (Å²) in [6.45, 7) is 6.32. The van der Waals surface area contributed by atoms with E-state index in [1.54, 1.807) is 0 Å². The maximum atomic E-state index is 2.50. The van der Waals surface area contributed by atoms with E-state index in [0.717, 1.165) is 12.2 Å². The summed E-state index contributed by atoms with van der Waals surface area (Å²) >= 11 is 3.80. The number of fused-ring (bicyclic) bond motifs is 15. The largest absolute Gasteiger partial charge is 0.309 e. The molecule has 1 atom stereocenters. The van der Waals surface area contributed by atoms with Crippen LogP contribution in [0.25, 0.3) is 91.9 Å². The second-order valence-electron chi connectivity index (χ2n) is 16.3. The summed E-state index contributed by atoms with van der Waals surface area (Å²) in [5.41, 5.74) is 16.9. The van der Waals surface area contributed by atoms with Gasteiger partial charge in [-0.1, -0.05) is 136 Å². The van der Waals surface area contributed by atoms with Crippen molar-refractivity contribution >= 4 is 92.5 Å². The number of allylic oxidation sites excluding steroid dienone is 3. The first-order valence-corrected chi connectivity index (χ1v) is 23.7. The average molecular weight is 833 g/mol. The van der Waals surface area contributed by atoms with Gasteiger partial charge in [0.25, 0.3) is 0 Å². The molecule has 0 radical (unpaired) electrons. The van der Waals surface area contributed by atoms with Gasteiger partial charge in [0.2, 0.25) is 0 Å². The monoisotopic (exact) mass is 832 g/mol. The van der Waals surface area contributed by atoms with Gasteiger partial charge in [-0.2, -0.15) is 0 Å². The van der Waals surface area contributed by atoms with Crippen molar-refractivity contribution in [3.05, 3.63) is 204 Å². The molecule has 1 unspecified atom stereocenters. The molecule has 4 heteroatoms. The van der Waals surface area contributed by atoms with E-state index in [2.05, 4.69) is 198 Å². The molecule has 0 amide bonds. The van der Waals surface area contributed by atoms with Gasteiger partial charge in [-0.05, 0) is 106 Å². The van der Waals surface area contributed by atoms with Crippen molar-refractivity contribution in [2.75, 3.05) is 5.75 Å². The summed E-state index contributed by atoms with van der Waals surface area (Å²) < 4.78 is 7.66. The van der Waals surface area contributed by atoms with Crippen LogP contribution < -0.4 is 0 Å². The predicted octanol–water partition coefficient (Wildman–Crippen LogP) is 16.7. The summed E-state index contributed by atoms with van der Waals surface area (Å²) in [5, 5.41) is 8.00. The topological polar surface area (TPSA) is 9.86 Å². The van der Waals surface area contributed by atoms with Crippen LogP contribution in [0.2, 0.25) is 0 Å². The van der Waals surface area contributed by atoms with Crippen molar-refractivity contribution in [3.63, 3.8) is 0 Å². The van der Waals surface area contributed by atoms with Crippen LogP contribution in [-0.4, -0.2) is 14.9 Å². The molecule has 0 bridgehead atoms. The Labute approximate surface area is 370 Å². The van der Waals surface area contributed by atoms with Gasteiger partial charge in [0.05, 0.1) is 22.1 Å². The van der Waals surface area contributed by atoms with Gasteiger partial charge < -0.3 is 9.13 Å². The molecular formula is C58H44N2S2. The van der Waals surface area contributed by atoms with Crippen LogP contribution in [0, 0.1) is 0 Å². The molecule has 3 aromatic heterocycles. The van der Waals surface area contributed by atoms with Crippen LogP contribution in [0.3, 0.4) is 0 Å². The number of hydrogen-bond acceptors (Lipinski definition) is 2. The van der Waals surface area contributed by atoms with Crippen molar-refractivity contribution < 1.29 is 0 Å². The van der Waals surface area contributed by atoms with Gasteiger partial charge in [-0.25, -0.2) is 0 Å². The van der Waals surface area contributed by atoms with Gasteiger partial charge in [0, 0.05) is 76.1 Å². The molecule has 0 fully saturated rings. The lowest BCUT2D eigenvalue weighted by molar-refractivity contribution is 0.937. The quantitative estimate of drug-likeness (QED) is 0.172. The zero-order chi connectivity index (χ0) is 41.5. The molecular weight excluding hydrogens is 789 g/mol. The summed E-state index contributed by atoms with van der Waals surface area (Å²) in [4.78, 5) is 1.37. The molecule has 8 aromatic carbocycles. The Morgan fingerprint density at radius 3 is 1.85 bits per heavy atom. The Hall–Kier alpha value is -6.59. The highest BCUT2D eigenvalue weighted by Gasteiger charge is 2.28. The summed E-state index contributed by atoms with van der Waals surface area (Å²) in [7, 11) is 0. The first-order valence-electron chi connectivity index (χ1n) is 21.9. The smallest absolute Gasteiger partial charge is 0.0544 e. The fourth-order valence-electron chi connectivity index (χ4n) is 10.5. The maximum absolute atomic E-state index is 2.50. The van der Waals surface area contributed by atoms with Crippen molar-refractivity contribution in [3.8, 4) is 22.5 Å². The van der Waals surface area contributed by atoms with Crippen molar-refractivity contribution in [2.45, 2.75) is 38.0 Å². The van der Waals surface area contributed by atoms with E-state index >= 15 is 0 Å². The molecule has 62 heavy (non-hydrogen) atoms. The van der Waals surface area contributed by atoms with Crippen LogP contribution in [0.4, 0.5) is 0 Å². The van der Waals surface area contributed by atoms with Gasteiger partial charge in [0.1, 0.15) is 0 Å². The molecule has 0 N–H and O–H groups in total. The Kier molecular flexibility index (Phi) is 8.88. The lowest BCUT2D eigenvalue weighted by atomic mass is 9.95. The molecule has 2 aliphatic rings. The lowest BCUT2D eigenvalue weighted by Gasteiger charge is -2.14. The van der Waals surface area contributed by atoms with E-state index in [0.29, 0.717) is 5.92 Å². The van der Waals surface area contributed by atoms with Gasteiger partial charge in [-0.15, -0.1) is 23.1 Å². The first-order chi connectivity index (χ1) is 30.7. The number of thiophene rings is 1. The van der Waals surface area contributed by atoms with E-state index in [9.17, 15) is 0 Å². The third kappa shape index (κ3) is 5.63. The molecule has 2 nitrogen and oxygen atoms in total. The predicted molar refractivity (Wildman–Crippen MR) is 270 cm³/mol. The Bertz CT molecular complexity index is 3660. The molecule has 298 valence electrons. The fourth-order valence-corrected chi connectivity index (χ4v) is 12.5.